The van der Waals surface area contributed by atoms with Crippen LogP contribution in [0.1, 0.15) is 73.4 Å². The molecular formula is C77H88BBrCl4N10O18S5. The van der Waals surface area contributed by atoms with Gasteiger partial charge in [0, 0.05) is 53.5 Å². The minimum atomic E-state index is -3.37. The highest BCUT2D eigenvalue weighted by molar-refractivity contribution is 9.10. The summed E-state index contributed by atoms with van der Waals surface area (Å²) < 4.78 is 130. The number of sulfone groups is 5. The molecule has 39 heteroatoms. The minimum absolute atomic E-state index is 0. The maximum atomic E-state index is 12.8. The minimum Gasteiger partial charge on any atom is -0.444 e. The number of anilines is 5. The summed E-state index contributed by atoms with van der Waals surface area (Å²) in [5, 5.41) is 21.3. The summed E-state index contributed by atoms with van der Waals surface area (Å²) in [6.07, 6.45) is 3.21. The SMILES string of the molecule is CC(C)(C)OC(=O)N(C(=O)OC(C)(C)C)c1ccc(Cl)c(-c2ccc(S(C)(=O)=O)cc2)n1.CS(=O)(=O)c1ccc(-c2nc(N)ccc2Cl)cc1.CS(=O)(=O)c1ccc(B(O)O)cc1.Cc1ccc(N)nc1-c1ccc(S(C)(=O)=O)cc1.Cc1ccc(NC(=O)OC(C)(C)C)nc1-c1ccc(S(C)(=O)=O)cc1.Cl.Nc1ccc(Cl)c(Br)n1. The van der Waals surface area contributed by atoms with Gasteiger partial charge in [-0.1, -0.05) is 108 Å². The monoisotopic (exact) mass is 1830 g/mol. The number of carbonyl (C=O) groups excluding carboxylic acids is 3. The second-order valence-corrected chi connectivity index (χ2v) is 40.2. The molecule has 0 saturated heterocycles. The van der Waals surface area contributed by atoms with Crippen LogP contribution in [0.2, 0.25) is 15.1 Å². The van der Waals surface area contributed by atoms with E-state index < -0.39 is 91.4 Å². The number of nitrogens with two attached hydrogens (primary N) is 3. The molecule has 0 aliphatic rings. The van der Waals surface area contributed by atoms with Gasteiger partial charge < -0.3 is 41.5 Å². The number of imide groups is 1. The van der Waals surface area contributed by atoms with Gasteiger partial charge in [0.15, 0.2) is 49.2 Å². The number of halogens is 5. The summed E-state index contributed by atoms with van der Waals surface area (Å²) in [7, 11) is -17.8. The van der Waals surface area contributed by atoms with E-state index in [0.717, 1.165) is 58.5 Å². The quantitative estimate of drug-likeness (QED) is 0.0376. The lowest BCUT2D eigenvalue weighted by Crippen LogP contribution is -2.44. The molecule has 0 unspecified atom stereocenters. The van der Waals surface area contributed by atoms with Gasteiger partial charge in [-0.05, 0) is 218 Å². The lowest BCUT2D eigenvalue weighted by Gasteiger charge is -2.28. The van der Waals surface area contributed by atoms with Crippen molar-refractivity contribution >= 4 is 172 Å². The predicted molar refractivity (Wildman–Crippen MR) is 462 cm³/mol. The van der Waals surface area contributed by atoms with Crippen LogP contribution in [0, 0.1) is 13.8 Å². The molecule has 5 aromatic heterocycles. The van der Waals surface area contributed by atoms with Crippen LogP contribution in [0.3, 0.4) is 0 Å². The molecule has 622 valence electrons. The van der Waals surface area contributed by atoms with Gasteiger partial charge >= 0.3 is 25.4 Å². The first-order chi connectivity index (χ1) is 52.8. The van der Waals surface area contributed by atoms with Gasteiger partial charge in [0.2, 0.25) is 0 Å². The molecule has 0 atom stereocenters. The van der Waals surface area contributed by atoms with Crippen LogP contribution >= 0.6 is 63.1 Å². The van der Waals surface area contributed by atoms with Crippen molar-refractivity contribution in [3.8, 4) is 45.0 Å². The summed E-state index contributed by atoms with van der Waals surface area (Å²) in [5.74, 6) is 1.58. The third kappa shape index (κ3) is 32.3. The zero-order valence-corrected chi connectivity index (χ0v) is 74.5. The van der Waals surface area contributed by atoms with Gasteiger partial charge in [-0.3, -0.25) is 5.32 Å². The maximum absolute atomic E-state index is 12.8. The fraction of sp³-hybridized carbons (Fsp3) is 0.247. The smallest absolute Gasteiger partial charge is 0.444 e. The van der Waals surface area contributed by atoms with E-state index in [0.29, 0.717) is 64.7 Å². The number of nitrogens with zero attached hydrogens (tertiary/aromatic N) is 6. The van der Waals surface area contributed by atoms with E-state index in [9.17, 15) is 56.5 Å². The number of rotatable bonds is 12. The molecule has 0 bridgehead atoms. The van der Waals surface area contributed by atoms with E-state index in [4.69, 9.17) is 76.3 Å². The molecule has 0 fully saturated rings. The zero-order valence-electron chi connectivity index (χ0n) is 65.7. The number of hydrogen-bond donors (Lipinski definition) is 6. The lowest BCUT2D eigenvalue weighted by atomic mass is 9.81. The molecule has 5 heterocycles. The van der Waals surface area contributed by atoms with Crippen molar-refractivity contribution in [3.05, 3.63) is 213 Å². The Hall–Kier alpha value is -9.37. The van der Waals surface area contributed by atoms with Crippen molar-refractivity contribution in [2.45, 2.75) is 117 Å². The summed E-state index contributed by atoms with van der Waals surface area (Å²) in [5.41, 5.74) is 21.5. The van der Waals surface area contributed by atoms with Gasteiger partial charge in [-0.15, -0.1) is 12.4 Å². The Morgan fingerprint density at radius 2 is 0.681 bits per heavy atom. The Kier molecular flexibility index (Phi) is 35.1. The van der Waals surface area contributed by atoms with Crippen LogP contribution in [-0.2, 0) is 63.4 Å². The average molecular weight is 1830 g/mol. The summed E-state index contributed by atoms with van der Waals surface area (Å²) >= 11 is 21.1. The highest BCUT2D eigenvalue weighted by atomic mass is 79.9. The van der Waals surface area contributed by atoms with Crippen molar-refractivity contribution in [2.24, 2.45) is 0 Å². The van der Waals surface area contributed by atoms with Gasteiger partial charge in [0.1, 0.15) is 50.5 Å². The second kappa shape index (κ2) is 41.2. The number of nitrogen functional groups attached to an aromatic ring is 3. The van der Waals surface area contributed by atoms with Crippen molar-refractivity contribution in [2.75, 3.05) is 58.7 Å². The molecule has 0 aliphatic carbocycles. The first-order valence-electron chi connectivity index (χ1n) is 33.8. The molecular weight excluding hydrogens is 1750 g/mol. The molecule has 116 heavy (non-hydrogen) atoms. The molecule has 3 amide bonds. The van der Waals surface area contributed by atoms with E-state index in [1.165, 1.54) is 66.9 Å². The van der Waals surface area contributed by atoms with E-state index in [1.54, 1.807) is 172 Å². The number of carbonyl (C=O) groups is 3. The zero-order chi connectivity index (χ0) is 86.9. The van der Waals surface area contributed by atoms with E-state index >= 15 is 0 Å². The number of hydrogen-bond acceptors (Lipinski definition) is 26. The number of aromatic nitrogens is 5. The van der Waals surface area contributed by atoms with E-state index in [1.807, 2.05) is 26.0 Å². The Bertz CT molecular complexity index is 5590. The van der Waals surface area contributed by atoms with Crippen molar-refractivity contribution in [1.82, 2.24) is 24.9 Å². The van der Waals surface area contributed by atoms with Gasteiger partial charge in [-0.2, -0.15) is 4.90 Å². The summed E-state index contributed by atoms with van der Waals surface area (Å²) in [6, 6.07) is 47.4. The Labute approximate surface area is 706 Å². The van der Waals surface area contributed by atoms with Crippen LogP contribution in [0.25, 0.3) is 45.0 Å². The van der Waals surface area contributed by atoms with Crippen LogP contribution in [0.5, 0.6) is 0 Å². The van der Waals surface area contributed by atoms with Crippen LogP contribution < -0.4 is 32.9 Å². The van der Waals surface area contributed by atoms with Gasteiger partial charge in [-0.25, -0.2) is 81.4 Å². The topological polar surface area (TPSA) is 448 Å². The average Bonchev–Trinajstić information content (AvgIpc) is 0.803. The molecule has 0 saturated carbocycles. The van der Waals surface area contributed by atoms with Gasteiger partial charge in [0.25, 0.3) is 0 Å². The van der Waals surface area contributed by atoms with Crippen LogP contribution in [0.4, 0.5) is 43.5 Å². The lowest BCUT2D eigenvalue weighted by molar-refractivity contribution is 0.0427. The van der Waals surface area contributed by atoms with Crippen molar-refractivity contribution < 1.29 is 80.7 Å². The Morgan fingerprint density at radius 1 is 0.397 bits per heavy atom. The third-order valence-electron chi connectivity index (χ3n) is 14.6. The molecule has 10 rings (SSSR count). The van der Waals surface area contributed by atoms with Crippen LogP contribution in [-0.4, -0.2) is 151 Å². The molecule has 0 spiro atoms. The normalized spacial score (nSPS) is 11.5. The number of aryl methyl sites for hydroxylation is 2. The largest absolute Gasteiger partial charge is 0.488 e. The highest BCUT2D eigenvalue weighted by Crippen LogP contribution is 2.33. The highest BCUT2D eigenvalue weighted by Gasteiger charge is 2.34. The Balaban J connectivity index is 0.000000304. The number of benzene rings is 5. The number of ether oxygens (including phenoxy) is 3. The number of nitrogens with one attached hydrogen (secondary N) is 1. The molecule has 10 aromatic rings. The molecule has 0 aliphatic heterocycles. The van der Waals surface area contributed by atoms with Crippen LogP contribution in [0.15, 0.2) is 211 Å². The van der Waals surface area contributed by atoms with Crippen molar-refractivity contribution in [3.63, 3.8) is 0 Å². The van der Waals surface area contributed by atoms with E-state index in [2.05, 4.69) is 46.2 Å². The standard InChI is InChI=1S/C22H27ClN2O6S.C18H22N2O4S.C13H14N2O2S.C12H11ClN2O2S.C7H9BO4S.C5H4BrClN2.ClH/c1-21(2,3)30-19(26)25(20(27)31-22(4,5)6)17-13-12-16(23)18(24-17)14-8-10-15(11-9-14)32(7,28)29;1-12-6-11-15(20-17(21)24-18(2,3)4)19-16(12)13-7-9-14(10-8-13)25(5,22)23;1-9-3-8-12(14)15-13(9)10-4-6-11(7-5-10)18(2,16)17;1-18(16,17)9-4-2-8(3-5-9)12-10(13)6-7-11(14)15-12;1-13(11,12)7-4-2-6(3-5-7)8(9)10;6-5-3(7)1-2-4(8)9-5;/h8-13H,1-7H3;6-11H,1-5H3,(H,19,20,21);3-8H,1-2H3,(H2,14,15);2-7H,1H3,(H2,14,15);2-5,9-10H,1H3;1-2H,(H2,8,9);1H. The molecule has 5 aromatic carbocycles. The summed E-state index contributed by atoms with van der Waals surface area (Å²) in [4.78, 5) is 60.4. The Morgan fingerprint density at radius 3 is 1.01 bits per heavy atom. The molecule has 28 nitrogen and oxygen atoms in total. The first kappa shape index (κ1) is 99.0. The van der Waals surface area contributed by atoms with Crippen molar-refractivity contribution in [1.29, 1.82) is 0 Å². The maximum Gasteiger partial charge on any atom is 0.488 e. The fourth-order valence-electron chi connectivity index (χ4n) is 9.19. The fourth-order valence-corrected chi connectivity index (χ4v) is 13.2. The second-order valence-electron chi connectivity index (χ2n) is 28.2. The van der Waals surface area contributed by atoms with Gasteiger partial charge in [0.05, 0.1) is 62.3 Å². The summed E-state index contributed by atoms with van der Waals surface area (Å²) in [6.45, 7) is 19.2. The first-order valence-corrected chi connectivity index (χ1v) is 45.2. The number of amides is 3. The van der Waals surface area contributed by atoms with E-state index in [-0.39, 0.29) is 54.0 Å². The third-order valence-corrected chi connectivity index (χ3v) is 22.0. The predicted octanol–water partition coefficient (Wildman–Crippen LogP) is 15.0. The molecule has 0 radical (unpaired) electrons. The molecule has 9 N–H and O–H groups in total. The number of pyridine rings is 5.